The van der Waals surface area contributed by atoms with Gasteiger partial charge in [0.1, 0.15) is 5.75 Å². The summed E-state index contributed by atoms with van der Waals surface area (Å²) in [6.45, 7) is 7.25. The minimum Gasteiger partial charge on any atom is -0.484 e. The number of amides is 2. The van der Waals surface area contributed by atoms with E-state index in [0.717, 1.165) is 5.56 Å². The van der Waals surface area contributed by atoms with Gasteiger partial charge >= 0.3 is 0 Å². The molecular formula is C20H23ClN2O3. The van der Waals surface area contributed by atoms with E-state index >= 15 is 0 Å². The van der Waals surface area contributed by atoms with Crippen molar-refractivity contribution in [3.05, 3.63) is 53.1 Å². The van der Waals surface area contributed by atoms with Gasteiger partial charge in [-0.1, -0.05) is 38.4 Å². The molecule has 0 aliphatic rings. The number of hydrogen-bond donors (Lipinski definition) is 2. The SMILES string of the molecule is Cc1cc(OCC(=O)Nc2cccc(NC(=O)C(C)(C)C)c2)ccc1Cl. The third-order valence-electron chi connectivity index (χ3n) is 3.58. The summed E-state index contributed by atoms with van der Waals surface area (Å²) in [6.07, 6.45) is 0. The molecule has 0 aliphatic carbocycles. The first-order valence-electron chi connectivity index (χ1n) is 8.25. The molecule has 0 spiro atoms. The van der Waals surface area contributed by atoms with E-state index in [9.17, 15) is 9.59 Å². The molecule has 2 aromatic rings. The van der Waals surface area contributed by atoms with Crippen molar-refractivity contribution in [1.82, 2.24) is 0 Å². The minimum atomic E-state index is -0.496. The minimum absolute atomic E-state index is 0.0950. The van der Waals surface area contributed by atoms with Gasteiger partial charge in [-0.05, 0) is 48.9 Å². The van der Waals surface area contributed by atoms with Gasteiger partial charge in [-0.2, -0.15) is 0 Å². The highest BCUT2D eigenvalue weighted by Crippen LogP contribution is 2.22. The van der Waals surface area contributed by atoms with Gasteiger partial charge < -0.3 is 15.4 Å². The second kappa shape index (κ2) is 8.23. The summed E-state index contributed by atoms with van der Waals surface area (Å²) in [7, 11) is 0. The third kappa shape index (κ3) is 5.77. The predicted molar refractivity (Wildman–Crippen MR) is 105 cm³/mol. The van der Waals surface area contributed by atoms with Crippen LogP contribution in [0.25, 0.3) is 0 Å². The molecule has 2 rings (SSSR count). The summed E-state index contributed by atoms with van der Waals surface area (Å²) >= 11 is 5.96. The van der Waals surface area contributed by atoms with E-state index in [-0.39, 0.29) is 18.4 Å². The fraction of sp³-hybridized carbons (Fsp3) is 0.300. The van der Waals surface area contributed by atoms with Crippen molar-refractivity contribution in [3.63, 3.8) is 0 Å². The van der Waals surface area contributed by atoms with E-state index in [0.29, 0.717) is 22.1 Å². The molecule has 0 radical (unpaired) electrons. The molecule has 5 nitrogen and oxygen atoms in total. The van der Waals surface area contributed by atoms with Crippen LogP contribution in [-0.4, -0.2) is 18.4 Å². The van der Waals surface area contributed by atoms with Crippen molar-refractivity contribution in [1.29, 1.82) is 0 Å². The lowest BCUT2D eigenvalue weighted by molar-refractivity contribution is -0.123. The summed E-state index contributed by atoms with van der Waals surface area (Å²) in [5.41, 5.74) is 1.59. The summed E-state index contributed by atoms with van der Waals surface area (Å²) in [5, 5.41) is 6.23. The Morgan fingerprint density at radius 1 is 1.04 bits per heavy atom. The lowest BCUT2D eigenvalue weighted by Gasteiger charge is -2.18. The molecule has 0 aliphatic heterocycles. The molecule has 0 saturated carbocycles. The van der Waals surface area contributed by atoms with Gasteiger partial charge in [-0.15, -0.1) is 0 Å². The van der Waals surface area contributed by atoms with Crippen molar-refractivity contribution in [2.75, 3.05) is 17.2 Å². The summed E-state index contributed by atoms with van der Waals surface area (Å²) < 4.78 is 5.47. The summed E-state index contributed by atoms with van der Waals surface area (Å²) in [5.74, 6) is 0.188. The number of rotatable bonds is 5. The van der Waals surface area contributed by atoms with Crippen LogP contribution in [0.1, 0.15) is 26.3 Å². The molecule has 0 bridgehead atoms. The zero-order chi connectivity index (χ0) is 19.3. The maximum Gasteiger partial charge on any atom is 0.262 e. The number of anilines is 2. The average Bonchev–Trinajstić information content (AvgIpc) is 2.55. The lowest BCUT2D eigenvalue weighted by atomic mass is 9.95. The Morgan fingerprint density at radius 3 is 2.31 bits per heavy atom. The van der Waals surface area contributed by atoms with Gasteiger partial charge in [0.05, 0.1) is 0 Å². The molecule has 0 saturated heterocycles. The first-order chi connectivity index (χ1) is 12.1. The van der Waals surface area contributed by atoms with Crippen LogP contribution in [0.2, 0.25) is 5.02 Å². The monoisotopic (exact) mass is 374 g/mol. The van der Waals surface area contributed by atoms with Crippen LogP contribution in [0.5, 0.6) is 5.75 Å². The lowest BCUT2D eigenvalue weighted by Crippen LogP contribution is -2.27. The highest BCUT2D eigenvalue weighted by Gasteiger charge is 2.21. The molecule has 6 heteroatoms. The van der Waals surface area contributed by atoms with E-state index in [4.69, 9.17) is 16.3 Å². The molecule has 2 amide bonds. The van der Waals surface area contributed by atoms with Gasteiger partial charge in [0.25, 0.3) is 5.91 Å². The van der Waals surface area contributed by atoms with Crippen LogP contribution in [-0.2, 0) is 9.59 Å². The molecule has 0 unspecified atom stereocenters. The number of halogens is 1. The van der Waals surface area contributed by atoms with Crippen LogP contribution >= 0.6 is 11.6 Å². The smallest absolute Gasteiger partial charge is 0.262 e. The summed E-state index contributed by atoms with van der Waals surface area (Å²) in [6, 6.07) is 12.2. The Bertz CT molecular complexity index is 813. The van der Waals surface area contributed by atoms with Gasteiger partial charge in [0.2, 0.25) is 5.91 Å². The van der Waals surface area contributed by atoms with Crippen LogP contribution < -0.4 is 15.4 Å². The van der Waals surface area contributed by atoms with Gasteiger partial charge in [0.15, 0.2) is 6.61 Å². The number of benzene rings is 2. The van der Waals surface area contributed by atoms with E-state index < -0.39 is 5.41 Å². The highest BCUT2D eigenvalue weighted by molar-refractivity contribution is 6.31. The van der Waals surface area contributed by atoms with Crippen LogP contribution in [0, 0.1) is 12.3 Å². The normalized spacial score (nSPS) is 11.0. The zero-order valence-electron chi connectivity index (χ0n) is 15.4. The molecule has 0 atom stereocenters. The van der Waals surface area contributed by atoms with Crippen LogP contribution in [0.3, 0.4) is 0 Å². The standard InChI is InChI=1S/C20H23ClN2O3/c1-13-10-16(8-9-17(13)21)26-12-18(24)22-14-6-5-7-15(11-14)23-19(25)20(2,3)4/h5-11H,12H2,1-4H3,(H,22,24)(H,23,25). The zero-order valence-corrected chi connectivity index (χ0v) is 16.1. The molecule has 138 valence electrons. The first kappa shape index (κ1) is 19.8. The molecule has 2 aromatic carbocycles. The van der Waals surface area contributed by atoms with Crippen LogP contribution in [0.15, 0.2) is 42.5 Å². The maximum atomic E-state index is 12.1. The van der Waals surface area contributed by atoms with Crippen LogP contribution in [0.4, 0.5) is 11.4 Å². The number of ether oxygens (including phenoxy) is 1. The maximum absolute atomic E-state index is 12.1. The highest BCUT2D eigenvalue weighted by atomic mass is 35.5. The fourth-order valence-corrected chi connectivity index (χ4v) is 2.16. The van der Waals surface area contributed by atoms with E-state index in [1.807, 2.05) is 27.7 Å². The van der Waals surface area contributed by atoms with Crippen molar-refractivity contribution in [3.8, 4) is 5.75 Å². The van der Waals surface area contributed by atoms with Gasteiger partial charge in [-0.3, -0.25) is 9.59 Å². The largest absolute Gasteiger partial charge is 0.484 e. The van der Waals surface area contributed by atoms with E-state index in [1.165, 1.54) is 0 Å². The Hall–Kier alpha value is -2.53. The first-order valence-corrected chi connectivity index (χ1v) is 8.63. The van der Waals surface area contributed by atoms with Gasteiger partial charge in [-0.25, -0.2) is 0 Å². The summed E-state index contributed by atoms with van der Waals surface area (Å²) in [4.78, 5) is 24.1. The topological polar surface area (TPSA) is 67.4 Å². The molecular weight excluding hydrogens is 352 g/mol. The number of hydrogen-bond acceptors (Lipinski definition) is 3. The van der Waals surface area contributed by atoms with E-state index in [1.54, 1.807) is 42.5 Å². The Balaban J connectivity index is 1.93. The number of carbonyl (C=O) groups is 2. The molecule has 0 aromatic heterocycles. The third-order valence-corrected chi connectivity index (χ3v) is 4.01. The fourth-order valence-electron chi connectivity index (χ4n) is 2.05. The molecule has 26 heavy (non-hydrogen) atoms. The quantitative estimate of drug-likeness (QED) is 0.800. The number of aryl methyl sites for hydroxylation is 1. The average molecular weight is 375 g/mol. The molecule has 0 fully saturated rings. The second-order valence-corrected chi connectivity index (χ2v) is 7.44. The Morgan fingerprint density at radius 2 is 1.69 bits per heavy atom. The molecule has 2 N–H and O–H groups in total. The van der Waals surface area contributed by atoms with Crippen molar-refractivity contribution < 1.29 is 14.3 Å². The number of carbonyl (C=O) groups excluding carboxylic acids is 2. The second-order valence-electron chi connectivity index (χ2n) is 7.03. The molecule has 0 heterocycles. The predicted octanol–water partition coefficient (Wildman–Crippen LogP) is 4.65. The van der Waals surface area contributed by atoms with E-state index in [2.05, 4.69) is 10.6 Å². The van der Waals surface area contributed by atoms with Gasteiger partial charge in [0, 0.05) is 21.8 Å². The Labute approximate surface area is 158 Å². The Kier molecular flexibility index (Phi) is 6.27. The number of nitrogens with one attached hydrogen (secondary N) is 2. The van der Waals surface area contributed by atoms with Crippen molar-refractivity contribution in [2.45, 2.75) is 27.7 Å². The van der Waals surface area contributed by atoms with Crippen molar-refractivity contribution in [2.24, 2.45) is 5.41 Å². The van der Waals surface area contributed by atoms with Crippen molar-refractivity contribution >= 4 is 34.8 Å².